The molecule has 1 spiro atoms. The van der Waals surface area contributed by atoms with E-state index in [0.717, 1.165) is 4.31 Å². The average molecular weight is 291 g/mol. The first-order valence-corrected chi connectivity index (χ1v) is 7.19. The maximum absolute atomic E-state index is 11.7. The number of sulfonamides is 1. The van der Waals surface area contributed by atoms with Gasteiger partial charge in [-0.25, -0.2) is 17.5 Å². The third-order valence-electron chi connectivity index (χ3n) is 3.29. The van der Waals surface area contributed by atoms with Crippen LogP contribution < -0.4 is 10.6 Å². The number of carboxylic acid groups (broad SMARTS) is 1. The Kier molecular flexibility index (Phi) is 3.22. The summed E-state index contributed by atoms with van der Waals surface area (Å²) >= 11 is 0. The molecular formula is C9H13N3O6S. The van der Waals surface area contributed by atoms with Crippen LogP contribution in [0.15, 0.2) is 0 Å². The Morgan fingerprint density at radius 1 is 1.32 bits per heavy atom. The van der Waals surface area contributed by atoms with Crippen LogP contribution in [0.3, 0.4) is 0 Å². The van der Waals surface area contributed by atoms with Crippen LogP contribution in [0.1, 0.15) is 12.8 Å². The van der Waals surface area contributed by atoms with Crippen molar-refractivity contribution in [1.82, 2.24) is 14.9 Å². The molecule has 2 saturated heterocycles. The van der Waals surface area contributed by atoms with Crippen LogP contribution >= 0.6 is 0 Å². The van der Waals surface area contributed by atoms with E-state index in [1.54, 1.807) is 0 Å². The van der Waals surface area contributed by atoms with Crippen molar-refractivity contribution >= 4 is 27.9 Å². The second-order valence-corrected chi connectivity index (χ2v) is 6.51. The zero-order valence-corrected chi connectivity index (χ0v) is 10.7. The van der Waals surface area contributed by atoms with Gasteiger partial charge in [-0.05, 0) is 12.8 Å². The number of imide groups is 1. The fourth-order valence-electron chi connectivity index (χ4n) is 2.27. The molecule has 9 nitrogen and oxygen atoms in total. The van der Waals surface area contributed by atoms with Crippen LogP contribution in [-0.4, -0.2) is 60.1 Å². The Labute approximate surface area is 109 Å². The van der Waals surface area contributed by atoms with Crippen molar-refractivity contribution in [2.24, 2.45) is 0 Å². The van der Waals surface area contributed by atoms with Crippen LogP contribution in [0, 0.1) is 0 Å². The SMILES string of the molecule is O=C(O)CS(=O)(=O)N1CCC2(CC1)NC(=O)NC2=O. The number of aliphatic carboxylic acids is 1. The van der Waals surface area contributed by atoms with Gasteiger partial charge in [0.2, 0.25) is 10.0 Å². The summed E-state index contributed by atoms with van der Waals surface area (Å²) in [5.41, 5.74) is -1.06. The first kappa shape index (κ1) is 13.7. The molecule has 2 aliphatic rings. The summed E-state index contributed by atoms with van der Waals surface area (Å²) < 4.78 is 24.4. The standard InChI is InChI=1S/C9H13N3O6S/c13-6(14)5-19(17,18)12-3-1-9(2-4-12)7(15)10-8(16)11-9/h1-5H2,(H,13,14)(H2,10,11,15,16). The van der Waals surface area contributed by atoms with Crippen LogP contribution in [0.5, 0.6) is 0 Å². The molecule has 3 N–H and O–H groups in total. The third-order valence-corrected chi connectivity index (χ3v) is 5.05. The Balaban J connectivity index is 2.06. The highest BCUT2D eigenvalue weighted by atomic mass is 32.2. The quantitative estimate of drug-likeness (QED) is 0.519. The molecule has 106 valence electrons. The van der Waals surface area contributed by atoms with Gasteiger partial charge in [-0.1, -0.05) is 0 Å². The first-order chi connectivity index (χ1) is 8.75. The fourth-order valence-corrected chi connectivity index (χ4v) is 3.51. The van der Waals surface area contributed by atoms with E-state index >= 15 is 0 Å². The second-order valence-electron chi connectivity index (χ2n) is 4.54. The number of hydrogen-bond acceptors (Lipinski definition) is 5. The van der Waals surface area contributed by atoms with E-state index in [1.807, 2.05) is 0 Å². The molecule has 2 aliphatic heterocycles. The summed E-state index contributed by atoms with van der Waals surface area (Å²) in [6.45, 7) is 0.00657. The van der Waals surface area contributed by atoms with Crippen molar-refractivity contribution in [1.29, 1.82) is 0 Å². The van der Waals surface area contributed by atoms with Crippen molar-refractivity contribution in [2.45, 2.75) is 18.4 Å². The number of carbonyl (C=O) groups is 3. The van der Waals surface area contributed by atoms with E-state index in [9.17, 15) is 22.8 Å². The maximum atomic E-state index is 11.7. The fraction of sp³-hybridized carbons (Fsp3) is 0.667. The number of rotatable bonds is 3. The molecule has 0 aromatic heterocycles. The molecule has 0 aromatic carbocycles. The highest BCUT2D eigenvalue weighted by Crippen LogP contribution is 2.26. The second kappa shape index (κ2) is 4.46. The third kappa shape index (κ3) is 2.54. The molecule has 0 radical (unpaired) electrons. The number of carbonyl (C=O) groups excluding carboxylic acids is 2. The van der Waals surface area contributed by atoms with Gasteiger partial charge in [-0.2, -0.15) is 0 Å². The predicted octanol–water partition coefficient (Wildman–Crippen LogP) is -1.93. The van der Waals surface area contributed by atoms with E-state index in [0.29, 0.717) is 0 Å². The maximum Gasteiger partial charge on any atom is 0.322 e. The molecular weight excluding hydrogens is 278 g/mol. The van der Waals surface area contributed by atoms with E-state index in [1.165, 1.54) is 0 Å². The Bertz CT molecular complexity index is 534. The van der Waals surface area contributed by atoms with Crippen LogP contribution in [-0.2, 0) is 19.6 Å². The minimum absolute atomic E-state index is 0.00329. The van der Waals surface area contributed by atoms with Crippen molar-refractivity contribution in [2.75, 3.05) is 18.8 Å². The normalized spacial score (nSPS) is 23.2. The lowest BCUT2D eigenvalue weighted by Gasteiger charge is -2.35. The zero-order valence-electron chi connectivity index (χ0n) is 9.88. The van der Waals surface area contributed by atoms with Gasteiger partial charge in [-0.15, -0.1) is 0 Å². The number of urea groups is 1. The Hall–Kier alpha value is -1.68. The molecule has 2 heterocycles. The summed E-state index contributed by atoms with van der Waals surface area (Å²) in [7, 11) is -3.87. The lowest BCUT2D eigenvalue weighted by molar-refractivity contribution is -0.134. The summed E-state index contributed by atoms with van der Waals surface area (Å²) in [5.74, 6) is -2.86. The van der Waals surface area contributed by atoms with Gasteiger partial charge in [0, 0.05) is 13.1 Å². The van der Waals surface area contributed by atoms with Crippen molar-refractivity contribution in [3.8, 4) is 0 Å². The topological polar surface area (TPSA) is 133 Å². The molecule has 0 saturated carbocycles. The molecule has 0 unspecified atom stereocenters. The molecule has 2 rings (SSSR count). The van der Waals surface area contributed by atoms with Gasteiger partial charge in [0.1, 0.15) is 5.54 Å². The van der Waals surface area contributed by atoms with Gasteiger partial charge in [0.15, 0.2) is 5.75 Å². The van der Waals surface area contributed by atoms with Gasteiger partial charge in [0.25, 0.3) is 5.91 Å². The van der Waals surface area contributed by atoms with Gasteiger partial charge >= 0.3 is 12.0 Å². The summed E-state index contributed by atoms with van der Waals surface area (Å²) in [4.78, 5) is 33.2. The lowest BCUT2D eigenvalue weighted by atomic mass is 9.89. The van der Waals surface area contributed by atoms with Crippen molar-refractivity contribution in [3.63, 3.8) is 0 Å². The zero-order chi connectivity index (χ0) is 14.3. The molecule has 10 heteroatoms. The Morgan fingerprint density at radius 3 is 2.32 bits per heavy atom. The number of hydrogen-bond donors (Lipinski definition) is 3. The minimum atomic E-state index is -3.87. The van der Waals surface area contributed by atoms with Crippen molar-refractivity contribution in [3.05, 3.63) is 0 Å². The molecule has 0 atom stereocenters. The largest absolute Gasteiger partial charge is 0.480 e. The van der Waals surface area contributed by atoms with Crippen molar-refractivity contribution < 1.29 is 27.9 Å². The van der Waals surface area contributed by atoms with E-state index in [4.69, 9.17) is 5.11 Å². The van der Waals surface area contributed by atoms with Gasteiger partial charge in [-0.3, -0.25) is 14.9 Å². The lowest BCUT2D eigenvalue weighted by Crippen LogP contribution is -2.56. The van der Waals surface area contributed by atoms with Gasteiger partial charge < -0.3 is 10.4 Å². The summed E-state index contributed by atoms with van der Waals surface area (Å²) in [6.07, 6.45) is 0.257. The highest BCUT2D eigenvalue weighted by Gasteiger charge is 2.49. The number of carboxylic acids is 1. The predicted molar refractivity (Wildman–Crippen MR) is 61.6 cm³/mol. The molecule has 3 amide bonds. The van der Waals surface area contributed by atoms with Gasteiger partial charge in [0.05, 0.1) is 0 Å². The molecule has 0 bridgehead atoms. The summed E-state index contributed by atoms with van der Waals surface area (Å²) in [5, 5.41) is 13.1. The summed E-state index contributed by atoms with van der Waals surface area (Å²) in [6, 6.07) is -0.591. The number of nitrogens with zero attached hydrogens (tertiary/aromatic N) is 1. The average Bonchev–Trinajstić information content (AvgIpc) is 2.52. The van der Waals surface area contributed by atoms with Crippen LogP contribution in [0.4, 0.5) is 4.79 Å². The first-order valence-electron chi connectivity index (χ1n) is 5.58. The monoisotopic (exact) mass is 291 g/mol. The van der Waals surface area contributed by atoms with Crippen LogP contribution in [0.2, 0.25) is 0 Å². The number of amides is 3. The molecule has 0 aliphatic carbocycles. The minimum Gasteiger partial charge on any atom is -0.480 e. The molecule has 2 fully saturated rings. The number of nitrogens with one attached hydrogen (secondary N) is 2. The van der Waals surface area contributed by atoms with E-state index in [-0.39, 0.29) is 25.9 Å². The van der Waals surface area contributed by atoms with E-state index in [2.05, 4.69) is 10.6 Å². The smallest absolute Gasteiger partial charge is 0.322 e. The van der Waals surface area contributed by atoms with Crippen LogP contribution in [0.25, 0.3) is 0 Å². The molecule has 0 aromatic rings. The van der Waals surface area contributed by atoms with E-state index < -0.39 is 39.2 Å². The molecule has 19 heavy (non-hydrogen) atoms. The highest BCUT2D eigenvalue weighted by molar-refractivity contribution is 7.89. The Morgan fingerprint density at radius 2 is 1.89 bits per heavy atom. The number of piperidine rings is 1.